The number of carbonyl (C=O) groups excluding carboxylic acids is 1. The van der Waals surface area contributed by atoms with Gasteiger partial charge in [-0.3, -0.25) is 0 Å². The van der Waals surface area contributed by atoms with Gasteiger partial charge in [-0.1, -0.05) is 20.8 Å². The molecule has 0 saturated carbocycles. The number of carboxylic acids is 1. The summed E-state index contributed by atoms with van der Waals surface area (Å²) in [6.45, 7) is 6.01. The fraction of sp³-hybridized carbons (Fsp3) is 0.538. The van der Waals surface area contributed by atoms with Crippen LogP contribution in [0.3, 0.4) is 0 Å². The number of rotatable bonds is 6. The molecule has 5 nitrogen and oxygen atoms in total. The Morgan fingerprint density at radius 2 is 1.95 bits per heavy atom. The predicted molar refractivity (Wildman–Crippen MR) is 75.3 cm³/mol. The Balaban J connectivity index is 2.44. The van der Waals surface area contributed by atoms with E-state index in [2.05, 4.69) is 17.6 Å². The van der Waals surface area contributed by atoms with Gasteiger partial charge in [-0.05, 0) is 24.5 Å². The highest BCUT2D eigenvalue weighted by molar-refractivity contribution is 7.11. The Labute approximate surface area is 117 Å². The number of carbonyl (C=O) groups is 2. The summed E-state index contributed by atoms with van der Waals surface area (Å²) in [4.78, 5) is 24.9. The molecule has 3 N–H and O–H groups in total. The van der Waals surface area contributed by atoms with Gasteiger partial charge in [0.25, 0.3) is 0 Å². The highest BCUT2D eigenvalue weighted by Gasteiger charge is 2.23. The average molecular weight is 284 g/mol. The van der Waals surface area contributed by atoms with Gasteiger partial charge in [0.2, 0.25) is 0 Å². The second kappa shape index (κ2) is 7.13. The van der Waals surface area contributed by atoms with E-state index in [1.807, 2.05) is 12.1 Å². The minimum absolute atomic E-state index is 0.156. The van der Waals surface area contributed by atoms with Crippen molar-refractivity contribution in [2.45, 2.75) is 39.8 Å². The Morgan fingerprint density at radius 3 is 2.42 bits per heavy atom. The van der Waals surface area contributed by atoms with E-state index in [-0.39, 0.29) is 5.92 Å². The van der Waals surface area contributed by atoms with Gasteiger partial charge in [-0.2, -0.15) is 0 Å². The molecule has 0 spiro atoms. The predicted octanol–water partition coefficient (Wildman–Crippen LogP) is 2.22. The number of hydrogen-bond acceptors (Lipinski definition) is 3. The number of amides is 2. The fourth-order valence-electron chi connectivity index (χ4n) is 1.58. The Kier molecular flexibility index (Phi) is 5.82. The molecular weight excluding hydrogens is 264 g/mol. The molecule has 0 radical (unpaired) electrons. The molecule has 0 aliphatic rings. The van der Waals surface area contributed by atoms with Crippen LogP contribution in [-0.2, 0) is 17.8 Å². The van der Waals surface area contributed by atoms with E-state index in [4.69, 9.17) is 5.11 Å². The molecule has 0 fully saturated rings. The van der Waals surface area contributed by atoms with Crippen LogP contribution in [0.2, 0.25) is 0 Å². The van der Waals surface area contributed by atoms with Crippen LogP contribution >= 0.6 is 11.3 Å². The van der Waals surface area contributed by atoms with Crippen molar-refractivity contribution in [2.24, 2.45) is 5.92 Å². The molecule has 1 aromatic heterocycles. The number of aliphatic carboxylic acids is 1. The lowest BCUT2D eigenvalue weighted by atomic mass is 10.1. The van der Waals surface area contributed by atoms with Crippen molar-refractivity contribution in [3.63, 3.8) is 0 Å². The van der Waals surface area contributed by atoms with Crippen molar-refractivity contribution in [1.82, 2.24) is 10.6 Å². The minimum atomic E-state index is -1.02. The van der Waals surface area contributed by atoms with Crippen LogP contribution < -0.4 is 10.6 Å². The number of hydrogen-bond donors (Lipinski definition) is 3. The Hall–Kier alpha value is -1.56. The molecule has 0 aliphatic heterocycles. The van der Waals surface area contributed by atoms with Gasteiger partial charge in [0.05, 0.1) is 6.54 Å². The van der Waals surface area contributed by atoms with Crippen LogP contribution in [0.1, 0.15) is 30.5 Å². The quantitative estimate of drug-likeness (QED) is 0.749. The summed E-state index contributed by atoms with van der Waals surface area (Å²) < 4.78 is 0. The summed E-state index contributed by atoms with van der Waals surface area (Å²) in [7, 11) is 0. The number of thiophene rings is 1. The van der Waals surface area contributed by atoms with Crippen LogP contribution in [0.5, 0.6) is 0 Å². The van der Waals surface area contributed by atoms with Crippen molar-refractivity contribution in [1.29, 1.82) is 0 Å². The maximum Gasteiger partial charge on any atom is 0.326 e. The van der Waals surface area contributed by atoms with Crippen molar-refractivity contribution in [2.75, 3.05) is 0 Å². The summed E-state index contributed by atoms with van der Waals surface area (Å²) >= 11 is 1.65. The number of aryl methyl sites for hydroxylation is 1. The van der Waals surface area contributed by atoms with E-state index in [1.54, 1.807) is 25.2 Å². The van der Waals surface area contributed by atoms with E-state index in [1.165, 1.54) is 4.88 Å². The molecule has 0 bridgehead atoms. The molecule has 106 valence electrons. The first-order chi connectivity index (χ1) is 8.93. The first kappa shape index (κ1) is 15.5. The maximum absolute atomic E-state index is 11.6. The first-order valence-corrected chi connectivity index (χ1v) is 7.10. The lowest BCUT2D eigenvalue weighted by molar-refractivity contribution is -0.140. The van der Waals surface area contributed by atoms with Crippen LogP contribution in [0, 0.1) is 5.92 Å². The van der Waals surface area contributed by atoms with E-state index in [9.17, 15) is 9.59 Å². The van der Waals surface area contributed by atoms with Gasteiger partial charge in [-0.25, -0.2) is 9.59 Å². The number of carboxylic acid groups (broad SMARTS) is 1. The largest absolute Gasteiger partial charge is 0.480 e. The summed E-state index contributed by atoms with van der Waals surface area (Å²) in [5, 5.41) is 14.1. The maximum atomic E-state index is 11.6. The molecule has 1 atom stereocenters. The highest BCUT2D eigenvalue weighted by atomic mass is 32.1. The normalized spacial score (nSPS) is 12.2. The SMILES string of the molecule is CCc1ccc(CNC(=O)NC(C(=O)O)C(C)C)s1. The fourth-order valence-corrected chi connectivity index (χ4v) is 2.48. The van der Waals surface area contributed by atoms with Crippen LogP contribution in [0.4, 0.5) is 4.79 Å². The third-order valence-electron chi connectivity index (χ3n) is 2.71. The third-order valence-corrected chi connectivity index (χ3v) is 3.94. The molecule has 2 amide bonds. The van der Waals surface area contributed by atoms with Crippen molar-refractivity contribution in [3.8, 4) is 0 Å². The molecule has 1 aromatic rings. The summed E-state index contributed by atoms with van der Waals surface area (Å²) in [6.07, 6.45) is 0.977. The van der Waals surface area contributed by atoms with Crippen molar-refractivity contribution in [3.05, 3.63) is 21.9 Å². The lowest BCUT2D eigenvalue weighted by Crippen LogP contribution is -2.48. The number of nitrogens with one attached hydrogen (secondary N) is 2. The minimum Gasteiger partial charge on any atom is -0.480 e. The second-order valence-corrected chi connectivity index (χ2v) is 5.86. The molecule has 1 unspecified atom stereocenters. The van der Waals surface area contributed by atoms with Gasteiger partial charge < -0.3 is 15.7 Å². The monoisotopic (exact) mass is 284 g/mol. The highest BCUT2D eigenvalue weighted by Crippen LogP contribution is 2.16. The van der Waals surface area contributed by atoms with Crippen LogP contribution in [0.15, 0.2) is 12.1 Å². The molecule has 1 heterocycles. The Bertz CT molecular complexity index is 443. The van der Waals surface area contributed by atoms with Crippen molar-refractivity contribution < 1.29 is 14.7 Å². The average Bonchev–Trinajstić information content (AvgIpc) is 2.80. The zero-order chi connectivity index (χ0) is 14.4. The van der Waals surface area contributed by atoms with Gasteiger partial charge in [0.1, 0.15) is 6.04 Å². The summed E-state index contributed by atoms with van der Waals surface area (Å²) in [6, 6.07) is 2.69. The standard InChI is InChI=1S/C13H20N2O3S/c1-4-9-5-6-10(19-9)7-14-13(18)15-11(8(2)3)12(16)17/h5-6,8,11H,4,7H2,1-3H3,(H,16,17)(H2,14,15,18). The lowest BCUT2D eigenvalue weighted by Gasteiger charge is -2.18. The molecule has 19 heavy (non-hydrogen) atoms. The molecule has 6 heteroatoms. The molecule has 0 saturated heterocycles. The summed E-state index contributed by atoms with van der Waals surface area (Å²) in [5.41, 5.74) is 0. The molecule has 1 rings (SSSR count). The smallest absolute Gasteiger partial charge is 0.326 e. The van der Waals surface area contributed by atoms with Gasteiger partial charge in [-0.15, -0.1) is 11.3 Å². The van der Waals surface area contributed by atoms with E-state index in [0.717, 1.165) is 11.3 Å². The Morgan fingerprint density at radius 1 is 1.32 bits per heavy atom. The molecular formula is C13H20N2O3S. The third kappa shape index (κ3) is 4.90. The topological polar surface area (TPSA) is 78.4 Å². The van der Waals surface area contributed by atoms with Gasteiger partial charge in [0, 0.05) is 9.75 Å². The zero-order valence-corrected chi connectivity index (χ0v) is 12.2. The summed E-state index contributed by atoms with van der Waals surface area (Å²) in [5.74, 6) is -1.17. The zero-order valence-electron chi connectivity index (χ0n) is 11.4. The van der Waals surface area contributed by atoms with E-state index in [0.29, 0.717) is 6.54 Å². The van der Waals surface area contributed by atoms with Gasteiger partial charge in [0.15, 0.2) is 0 Å². The van der Waals surface area contributed by atoms with E-state index < -0.39 is 18.0 Å². The molecule has 0 aromatic carbocycles. The van der Waals surface area contributed by atoms with Gasteiger partial charge >= 0.3 is 12.0 Å². The van der Waals surface area contributed by atoms with E-state index >= 15 is 0 Å². The van der Waals surface area contributed by atoms with Crippen LogP contribution in [0.25, 0.3) is 0 Å². The van der Waals surface area contributed by atoms with Crippen molar-refractivity contribution >= 4 is 23.3 Å². The first-order valence-electron chi connectivity index (χ1n) is 6.28. The second-order valence-electron chi connectivity index (χ2n) is 4.61. The van der Waals surface area contributed by atoms with Crippen LogP contribution in [-0.4, -0.2) is 23.1 Å². The number of urea groups is 1. The molecule has 0 aliphatic carbocycles.